The number of primary amides is 1. The molecule has 0 aliphatic rings. The molecule has 128 valence electrons. The minimum Gasteiger partial charge on any atom is -0.508 e. The summed E-state index contributed by atoms with van der Waals surface area (Å²) in [5.74, 6) is 0.0607. The zero-order chi connectivity index (χ0) is 17.8. The van der Waals surface area contributed by atoms with Gasteiger partial charge in [-0.15, -0.1) is 0 Å². The summed E-state index contributed by atoms with van der Waals surface area (Å²) in [5.41, 5.74) is 14.8. The molecule has 0 saturated carbocycles. The van der Waals surface area contributed by atoms with Gasteiger partial charge in [-0.3, -0.25) is 9.89 Å². The van der Waals surface area contributed by atoms with Crippen molar-refractivity contribution >= 4 is 17.4 Å². The number of hydrogen-bond acceptors (Lipinski definition) is 5. The van der Waals surface area contributed by atoms with Crippen LogP contribution < -0.4 is 16.8 Å². The van der Waals surface area contributed by atoms with E-state index in [1.807, 2.05) is 12.1 Å². The lowest BCUT2D eigenvalue weighted by molar-refractivity contribution is 0.100. The number of aromatic hydroxyl groups is 1. The highest BCUT2D eigenvalue weighted by Crippen LogP contribution is 2.21. The number of amides is 1. The molecule has 2 aromatic carbocycles. The molecule has 0 aliphatic carbocycles. The number of nitrogens with one attached hydrogen (secondary N) is 2. The Morgan fingerprint density at radius 2 is 1.72 bits per heavy atom. The summed E-state index contributed by atoms with van der Waals surface area (Å²) in [6.07, 6.45) is 0.493. The topological polar surface area (TPSA) is 130 Å². The van der Waals surface area contributed by atoms with Crippen molar-refractivity contribution < 1.29 is 9.90 Å². The highest BCUT2D eigenvalue weighted by atomic mass is 16.3. The third kappa shape index (κ3) is 3.89. The van der Waals surface area contributed by atoms with E-state index in [-0.39, 0.29) is 5.75 Å². The van der Waals surface area contributed by atoms with E-state index in [0.29, 0.717) is 35.7 Å². The lowest BCUT2D eigenvalue weighted by Crippen LogP contribution is -2.15. The van der Waals surface area contributed by atoms with E-state index >= 15 is 0 Å². The van der Waals surface area contributed by atoms with Gasteiger partial charge in [0.25, 0.3) is 5.91 Å². The number of benzene rings is 2. The first-order chi connectivity index (χ1) is 12.0. The number of nitrogens with two attached hydrogens (primary N) is 2. The molecule has 3 rings (SSSR count). The number of nitrogens with zero attached hydrogens (tertiary/aromatic N) is 1. The van der Waals surface area contributed by atoms with Gasteiger partial charge in [0.15, 0.2) is 5.82 Å². The van der Waals surface area contributed by atoms with Crippen molar-refractivity contribution in [1.82, 2.24) is 10.2 Å². The molecule has 0 bridgehead atoms. The average Bonchev–Trinajstić information content (AvgIpc) is 2.99. The molecule has 25 heavy (non-hydrogen) atoms. The van der Waals surface area contributed by atoms with Crippen LogP contribution in [0.15, 0.2) is 48.5 Å². The summed E-state index contributed by atoms with van der Waals surface area (Å²) in [6.45, 7) is 0.451. The first-order valence-electron chi connectivity index (χ1n) is 7.76. The predicted octanol–water partition coefficient (Wildman–Crippen LogP) is 2.00. The van der Waals surface area contributed by atoms with Crippen LogP contribution in [0.3, 0.4) is 0 Å². The number of anilines is 2. The van der Waals surface area contributed by atoms with Crippen LogP contribution in [0.4, 0.5) is 11.5 Å². The standard InChI is InChI=1S/C18H19N5O2/c19-13-5-1-11(2-6-13)9-15-16(17(20)25)18(23-22-15)21-10-12-3-7-14(24)8-4-12/h1-8,24H,9-10,19H2,(H2,20,25)(H2,21,22,23). The van der Waals surface area contributed by atoms with Gasteiger partial charge in [0.05, 0.1) is 5.69 Å². The van der Waals surface area contributed by atoms with Crippen LogP contribution in [0.1, 0.15) is 27.2 Å². The second kappa shape index (κ2) is 6.96. The van der Waals surface area contributed by atoms with E-state index in [0.717, 1.165) is 11.1 Å². The Morgan fingerprint density at radius 1 is 1.08 bits per heavy atom. The number of phenolic OH excluding ortho intramolecular Hbond substituents is 1. The number of carbonyl (C=O) groups excluding carboxylic acids is 1. The van der Waals surface area contributed by atoms with Crippen molar-refractivity contribution in [2.75, 3.05) is 11.1 Å². The van der Waals surface area contributed by atoms with Crippen LogP contribution in [0.25, 0.3) is 0 Å². The number of aromatic amines is 1. The van der Waals surface area contributed by atoms with Crippen molar-refractivity contribution in [3.63, 3.8) is 0 Å². The van der Waals surface area contributed by atoms with Crippen LogP contribution in [0.2, 0.25) is 0 Å². The largest absolute Gasteiger partial charge is 0.508 e. The Bertz CT molecular complexity index is 869. The molecule has 0 radical (unpaired) electrons. The monoisotopic (exact) mass is 337 g/mol. The Morgan fingerprint density at radius 3 is 2.36 bits per heavy atom. The maximum absolute atomic E-state index is 11.9. The van der Waals surface area contributed by atoms with Gasteiger partial charge in [0.2, 0.25) is 0 Å². The maximum atomic E-state index is 11.9. The van der Waals surface area contributed by atoms with Gasteiger partial charge < -0.3 is 21.9 Å². The second-order valence-corrected chi connectivity index (χ2v) is 5.73. The summed E-state index contributed by atoms with van der Waals surface area (Å²) in [7, 11) is 0. The van der Waals surface area contributed by atoms with E-state index in [4.69, 9.17) is 11.5 Å². The zero-order valence-corrected chi connectivity index (χ0v) is 13.5. The van der Waals surface area contributed by atoms with Crippen LogP contribution >= 0.6 is 0 Å². The maximum Gasteiger partial charge on any atom is 0.254 e. The normalized spacial score (nSPS) is 10.6. The van der Waals surface area contributed by atoms with Gasteiger partial charge in [-0.25, -0.2) is 0 Å². The molecular formula is C18H19N5O2. The summed E-state index contributed by atoms with van der Waals surface area (Å²) >= 11 is 0. The fourth-order valence-electron chi connectivity index (χ4n) is 2.54. The number of phenols is 1. The molecule has 0 atom stereocenters. The summed E-state index contributed by atoms with van der Waals surface area (Å²) in [5, 5.41) is 19.5. The molecule has 0 saturated heterocycles. The van der Waals surface area contributed by atoms with Crippen LogP contribution in [0, 0.1) is 0 Å². The average molecular weight is 337 g/mol. The fourth-order valence-corrected chi connectivity index (χ4v) is 2.54. The Labute approximate surface area is 144 Å². The van der Waals surface area contributed by atoms with Gasteiger partial charge in [-0.05, 0) is 35.4 Å². The predicted molar refractivity (Wildman–Crippen MR) is 96.2 cm³/mol. The van der Waals surface area contributed by atoms with Crippen LogP contribution in [0.5, 0.6) is 5.75 Å². The van der Waals surface area contributed by atoms with E-state index in [1.54, 1.807) is 36.4 Å². The van der Waals surface area contributed by atoms with Crippen molar-refractivity contribution in [3.05, 3.63) is 70.9 Å². The number of aromatic nitrogens is 2. The fraction of sp³-hybridized carbons (Fsp3) is 0.111. The van der Waals surface area contributed by atoms with Gasteiger partial charge in [-0.1, -0.05) is 24.3 Å². The number of hydrogen-bond donors (Lipinski definition) is 5. The number of carbonyl (C=O) groups is 1. The van der Waals surface area contributed by atoms with Gasteiger partial charge in [0.1, 0.15) is 11.3 Å². The van der Waals surface area contributed by atoms with Gasteiger partial charge in [0, 0.05) is 18.7 Å². The summed E-state index contributed by atoms with van der Waals surface area (Å²) in [6, 6.07) is 14.2. The SMILES string of the molecule is NC(=O)c1c(NCc2ccc(O)cc2)n[nH]c1Cc1ccc(N)cc1. The van der Waals surface area contributed by atoms with E-state index < -0.39 is 5.91 Å². The Hall–Kier alpha value is -3.48. The summed E-state index contributed by atoms with van der Waals surface area (Å²) < 4.78 is 0. The van der Waals surface area contributed by atoms with Crippen LogP contribution in [-0.2, 0) is 13.0 Å². The number of H-pyrrole nitrogens is 1. The number of rotatable bonds is 6. The molecule has 0 unspecified atom stereocenters. The molecule has 7 heteroatoms. The number of nitrogen functional groups attached to an aromatic ring is 1. The third-order valence-electron chi connectivity index (χ3n) is 3.84. The molecule has 1 aromatic heterocycles. The summed E-state index contributed by atoms with van der Waals surface area (Å²) in [4.78, 5) is 11.9. The Balaban J connectivity index is 1.78. The molecule has 3 aromatic rings. The lowest BCUT2D eigenvalue weighted by Gasteiger charge is -2.06. The minimum absolute atomic E-state index is 0.201. The van der Waals surface area contributed by atoms with Crippen LogP contribution in [-0.4, -0.2) is 21.2 Å². The molecule has 7 nitrogen and oxygen atoms in total. The highest BCUT2D eigenvalue weighted by Gasteiger charge is 2.18. The molecule has 1 heterocycles. The molecular weight excluding hydrogens is 318 g/mol. The van der Waals surface area contributed by atoms with E-state index in [2.05, 4.69) is 15.5 Å². The first kappa shape index (κ1) is 16.4. The highest BCUT2D eigenvalue weighted by molar-refractivity contribution is 5.98. The van der Waals surface area contributed by atoms with Gasteiger partial charge in [-0.2, -0.15) is 5.10 Å². The first-order valence-corrected chi connectivity index (χ1v) is 7.76. The zero-order valence-electron chi connectivity index (χ0n) is 13.5. The van der Waals surface area contributed by atoms with Crippen molar-refractivity contribution in [2.45, 2.75) is 13.0 Å². The molecule has 1 amide bonds. The van der Waals surface area contributed by atoms with Crippen molar-refractivity contribution in [3.8, 4) is 5.75 Å². The van der Waals surface area contributed by atoms with Crippen molar-refractivity contribution in [1.29, 1.82) is 0 Å². The van der Waals surface area contributed by atoms with Crippen molar-refractivity contribution in [2.24, 2.45) is 5.73 Å². The minimum atomic E-state index is -0.549. The smallest absolute Gasteiger partial charge is 0.254 e. The second-order valence-electron chi connectivity index (χ2n) is 5.73. The lowest BCUT2D eigenvalue weighted by atomic mass is 10.1. The third-order valence-corrected chi connectivity index (χ3v) is 3.84. The van der Waals surface area contributed by atoms with Gasteiger partial charge >= 0.3 is 0 Å². The Kier molecular flexibility index (Phi) is 4.56. The molecule has 0 aliphatic heterocycles. The molecule has 0 fully saturated rings. The molecule has 0 spiro atoms. The molecule has 7 N–H and O–H groups in total. The van der Waals surface area contributed by atoms with E-state index in [9.17, 15) is 9.90 Å². The quantitative estimate of drug-likeness (QED) is 0.439. The van der Waals surface area contributed by atoms with E-state index in [1.165, 1.54) is 0 Å².